The number of nitriles is 1. The van der Waals surface area contributed by atoms with Crippen LogP contribution >= 0.6 is 0 Å². The fraction of sp³-hybridized carbons (Fsp3) is 0.154. The van der Waals surface area contributed by atoms with Crippen molar-refractivity contribution in [2.24, 2.45) is 4.99 Å². The van der Waals surface area contributed by atoms with Crippen molar-refractivity contribution in [3.8, 4) is 6.07 Å². The number of nitrogens with zero attached hydrogens (tertiary/aromatic N) is 3. The van der Waals surface area contributed by atoms with E-state index in [1.165, 1.54) is 0 Å². The van der Waals surface area contributed by atoms with Crippen molar-refractivity contribution in [1.82, 2.24) is 10.3 Å². The first-order valence-corrected chi connectivity index (χ1v) is 5.25. The average molecular weight is 224 g/mol. The molecule has 1 aromatic carbocycles. The summed E-state index contributed by atoms with van der Waals surface area (Å²) in [7, 11) is 0. The standard InChI is InChI=1S/C13H12N4/c1-15-9-16-7-11-4-12-3-2-10(6-14)5-13(12)17-8-11/h2-5,8,16H,1,7,9H2. The van der Waals surface area contributed by atoms with E-state index in [2.05, 4.69) is 34.1 Å². The van der Waals surface area contributed by atoms with Gasteiger partial charge in [-0.25, -0.2) is 0 Å². The van der Waals surface area contributed by atoms with Gasteiger partial charge < -0.3 is 0 Å². The third-order valence-corrected chi connectivity index (χ3v) is 2.42. The molecule has 2 aromatic rings. The summed E-state index contributed by atoms with van der Waals surface area (Å²) in [6.07, 6.45) is 1.81. The van der Waals surface area contributed by atoms with Crippen molar-refractivity contribution in [2.45, 2.75) is 6.54 Å². The number of benzene rings is 1. The summed E-state index contributed by atoms with van der Waals surface area (Å²) < 4.78 is 0. The van der Waals surface area contributed by atoms with E-state index in [9.17, 15) is 0 Å². The molecule has 0 atom stereocenters. The fourth-order valence-corrected chi connectivity index (χ4v) is 1.61. The Balaban J connectivity index is 2.26. The maximum absolute atomic E-state index is 8.79. The zero-order valence-corrected chi connectivity index (χ0v) is 9.35. The van der Waals surface area contributed by atoms with Gasteiger partial charge in [0, 0.05) is 18.1 Å². The van der Waals surface area contributed by atoms with Crippen molar-refractivity contribution in [2.75, 3.05) is 6.67 Å². The van der Waals surface area contributed by atoms with Crippen molar-refractivity contribution < 1.29 is 0 Å². The molecule has 1 heterocycles. The molecule has 0 aliphatic carbocycles. The fourth-order valence-electron chi connectivity index (χ4n) is 1.61. The lowest BCUT2D eigenvalue weighted by Gasteiger charge is -2.03. The molecule has 0 aliphatic heterocycles. The lowest BCUT2D eigenvalue weighted by atomic mass is 10.1. The van der Waals surface area contributed by atoms with Gasteiger partial charge in [0.05, 0.1) is 23.8 Å². The molecule has 0 bridgehead atoms. The molecule has 1 aromatic heterocycles. The Kier molecular flexibility index (Phi) is 3.43. The molecule has 84 valence electrons. The van der Waals surface area contributed by atoms with Crippen LogP contribution in [0.5, 0.6) is 0 Å². The number of nitrogens with one attached hydrogen (secondary N) is 1. The average Bonchev–Trinajstić information content (AvgIpc) is 2.38. The minimum absolute atomic E-state index is 0.533. The van der Waals surface area contributed by atoms with Crippen LogP contribution in [0.2, 0.25) is 0 Å². The minimum Gasteiger partial charge on any atom is -0.294 e. The lowest BCUT2D eigenvalue weighted by Crippen LogP contribution is -2.12. The maximum atomic E-state index is 8.79. The van der Waals surface area contributed by atoms with E-state index in [1.807, 2.05) is 6.07 Å². The molecular formula is C13H12N4. The normalized spacial score (nSPS) is 10.1. The largest absolute Gasteiger partial charge is 0.294 e. The Morgan fingerprint density at radius 2 is 2.29 bits per heavy atom. The van der Waals surface area contributed by atoms with Gasteiger partial charge in [-0.2, -0.15) is 5.26 Å². The molecule has 0 spiro atoms. The van der Waals surface area contributed by atoms with Gasteiger partial charge in [0.1, 0.15) is 0 Å². The quantitative estimate of drug-likeness (QED) is 0.637. The molecule has 1 N–H and O–H groups in total. The third-order valence-electron chi connectivity index (χ3n) is 2.42. The van der Waals surface area contributed by atoms with Crippen molar-refractivity contribution in [3.05, 3.63) is 41.6 Å². The smallest absolute Gasteiger partial charge is 0.0992 e. The molecule has 4 heteroatoms. The van der Waals surface area contributed by atoms with E-state index in [4.69, 9.17) is 5.26 Å². The van der Waals surface area contributed by atoms with Gasteiger partial charge in [0.25, 0.3) is 0 Å². The lowest BCUT2D eigenvalue weighted by molar-refractivity contribution is 0.712. The Hall–Kier alpha value is -2.25. The zero-order chi connectivity index (χ0) is 12.1. The highest BCUT2D eigenvalue weighted by Gasteiger charge is 1.99. The van der Waals surface area contributed by atoms with Crippen LogP contribution in [0, 0.1) is 11.3 Å². The number of pyridine rings is 1. The SMILES string of the molecule is C=NCNCc1cnc2cc(C#N)ccc2c1. The van der Waals surface area contributed by atoms with Crippen LogP contribution < -0.4 is 5.32 Å². The molecular weight excluding hydrogens is 212 g/mol. The molecule has 0 saturated heterocycles. The molecule has 4 nitrogen and oxygen atoms in total. The van der Waals surface area contributed by atoms with Crippen LogP contribution in [0.15, 0.2) is 35.5 Å². The number of aromatic nitrogens is 1. The van der Waals surface area contributed by atoms with E-state index < -0.39 is 0 Å². The Morgan fingerprint density at radius 3 is 3.06 bits per heavy atom. The van der Waals surface area contributed by atoms with E-state index >= 15 is 0 Å². The monoisotopic (exact) mass is 224 g/mol. The minimum atomic E-state index is 0.533. The van der Waals surface area contributed by atoms with Crippen LogP contribution in [-0.2, 0) is 6.54 Å². The summed E-state index contributed by atoms with van der Waals surface area (Å²) in [6, 6.07) is 9.66. The van der Waals surface area contributed by atoms with Gasteiger partial charge in [-0.15, -0.1) is 0 Å². The van der Waals surface area contributed by atoms with Gasteiger partial charge in [-0.1, -0.05) is 6.07 Å². The van der Waals surface area contributed by atoms with Gasteiger partial charge in [0.2, 0.25) is 0 Å². The molecule has 2 rings (SSSR count). The van der Waals surface area contributed by atoms with Gasteiger partial charge in [0.15, 0.2) is 0 Å². The second-order valence-corrected chi connectivity index (χ2v) is 3.67. The summed E-state index contributed by atoms with van der Waals surface area (Å²) in [6.45, 7) is 4.65. The van der Waals surface area contributed by atoms with Gasteiger partial charge in [-0.05, 0) is 30.5 Å². The second kappa shape index (κ2) is 5.19. The second-order valence-electron chi connectivity index (χ2n) is 3.67. The van der Waals surface area contributed by atoms with Crippen molar-refractivity contribution in [3.63, 3.8) is 0 Å². The van der Waals surface area contributed by atoms with E-state index in [1.54, 1.807) is 18.3 Å². The molecule has 0 amide bonds. The number of aliphatic imine (C=N–C) groups is 1. The summed E-state index contributed by atoms with van der Waals surface area (Å²) in [5.41, 5.74) is 2.56. The maximum Gasteiger partial charge on any atom is 0.0992 e. The number of hydrogen-bond acceptors (Lipinski definition) is 4. The number of rotatable bonds is 4. The van der Waals surface area contributed by atoms with Crippen LogP contribution in [0.1, 0.15) is 11.1 Å². The molecule has 0 unspecified atom stereocenters. The highest BCUT2D eigenvalue weighted by molar-refractivity contribution is 5.80. The molecule has 0 fully saturated rings. The van der Waals surface area contributed by atoms with Crippen molar-refractivity contribution in [1.29, 1.82) is 5.26 Å². The highest BCUT2D eigenvalue weighted by Crippen LogP contribution is 2.14. The Bertz CT molecular complexity index is 583. The predicted molar refractivity (Wildman–Crippen MR) is 67.7 cm³/mol. The predicted octanol–water partition coefficient (Wildman–Crippen LogP) is 1.85. The van der Waals surface area contributed by atoms with Crippen molar-refractivity contribution >= 4 is 17.6 Å². The zero-order valence-electron chi connectivity index (χ0n) is 9.35. The highest BCUT2D eigenvalue weighted by atomic mass is 15.0. The number of fused-ring (bicyclic) bond motifs is 1. The van der Waals surface area contributed by atoms with E-state index in [0.717, 1.165) is 16.5 Å². The summed E-state index contributed by atoms with van der Waals surface area (Å²) in [5, 5.41) is 12.9. The van der Waals surface area contributed by atoms with Crippen LogP contribution in [0.25, 0.3) is 10.9 Å². The summed E-state index contributed by atoms with van der Waals surface area (Å²) >= 11 is 0. The van der Waals surface area contributed by atoms with Crippen LogP contribution in [0.4, 0.5) is 0 Å². The summed E-state index contributed by atoms with van der Waals surface area (Å²) in [4.78, 5) is 8.05. The Morgan fingerprint density at radius 1 is 1.41 bits per heavy atom. The number of hydrogen-bond donors (Lipinski definition) is 1. The molecule has 0 radical (unpaired) electrons. The van der Waals surface area contributed by atoms with Crippen LogP contribution in [-0.4, -0.2) is 18.4 Å². The summed E-state index contributed by atoms with van der Waals surface area (Å²) in [5.74, 6) is 0. The van der Waals surface area contributed by atoms with Gasteiger partial charge >= 0.3 is 0 Å². The first kappa shape index (κ1) is 11.2. The molecule has 0 aliphatic rings. The van der Waals surface area contributed by atoms with E-state index in [0.29, 0.717) is 18.8 Å². The topological polar surface area (TPSA) is 61.1 Å². The Labute approximate surface area is 99.6 Å². The first-order chi connectivity index (χ1) is 8.33. The first-order valence-electron chi connectivity index (χ1n) is 5.25. The van der Waals surface area contributed by atoms with E-state index in [-0.39, 0.29) is 0 Å². The third kappa shape index (κ3) is 2.65. The molecule has 0 saturated carbocycles. The molecule has 17 heavy (non-hydrogen) atoms. The van der Waals surface area contributed by atoms with Gasteiger partial charge in [-0.3, -0.25) is 15.3 Å². The van der Waals surface area contributed by atoms with Crippen LogP contribution in [0.3, 0.4) is 0 Å².